The molecule has 1 saturated heterocycles. The number of ether oxygens (including phenoxy) is 3. The Hall–Kier alpha value is -2.78. The van der Waals surface area contributed by atoms with Crippen molar-refractivity contribution < 1.29 is 14.2 Å². The van der Waals surface area contributed by atoms with Crippen molar-refractivity contribution in [3.8, 4) is 11.5 Å². The quantitative estimate of drug-likeness (QED) is 0.513. The van der Waals surface area contributed by atoms with Crippen LogP contribution < -0.4 is 9.47 Å². The van der Waals surface area contributed by atoms with Crippen LogP contribution in [0.2, 0.25) is 0 Å². The maximum Gasteiger partial charge on any atom is 0.223 e. The molecule has 3 nitrogen and oxygen atoms in total. The Balaban J connectivity index is 1.25. The van der Waals surface area contributed by atoms with Crippen LogP contribution >= 0.6 is 0 Å². The van der Waals surface area contributed by atoms with Gasteiger partial charge in [0.25, 0.3) is 0 Å². The van der Waals surface area contributed by atoms with Gasteiger partial charge in [0.2, 0.25) is 6.29 Å². The third kappa shape index (κ3) is 4.55. The summed E-state index contributed by atoms with van der Waals surface area (Å²) < 4.78 is 16.9. The first-order valence-electron chi connectivity index (χ1n) is 10.0. The van der Waals surface area contributed by atoms with Gasteiger partial charge < -0.3 is 14.2 Å². The summed E-state index contributed by atoms with van der Waals surface area (Å²) in [5, 5.41) is 0. The Morgan fingerprint density at radius 3 is 2.25 bits per heavy atom. The Morgan fingerprint density at radius 1 is 0.750 bits per heavy atom. The lowest BCUT2D eigenvalue weighted by Gasteiger charge is -2.10. The van der Waals surface area contributed by atoms with Crippen molar-refractivity contribution in [2.75, 3.05) is 6.61 Å². The molecule has 0 bridgehead atoms. The molecule has 1 atom stereocenters. The van der Waals surface area contributed by atoms with Crippen molar-refractivity contribution in [3.63, 3.8) is 0 Å². The van der Waals surface area contributed by atoms with E-state index in [1.54, 1.807) is 0 Å². The van der Waals surface area contributed by atoms with Gasteiger partial charge in [0.05, 0.1) is 6.10 Å². The Labute approximate surface area is 165 Å². The predicted molar refractivity (Wildman–Crippen MR) is 109 cm³/mol. The fourth-order valence-corrected chi connectivity index (χ4v) is 3.35. The van der Waals surface area contributed by atoms with Crippen LogP contribution in [0.3, 0.4) is 0 Å². The first-order chi connectivity index (χ1) is 13.8. The number of hydrogen-bond acceptors (Lipinski definition) is 3. The van der Waals surface area contributed by atoms with E-state index in [-0.39, 0.29) is 6.29 Å². The molecule has 1 saturated carbocycles. The second-order valence-electron chi connectivity index (χ2n) is 7.62. The van der Waals surface area contributed by atoms with Crippen LogP contribution in [0, 0.1) is 0 Å². The van der Waals surface area contributed by atoms with Gasteiger partial charge in [-0.1, -0.05) is 54.6 Å². The second-order valence-corrected chi connectivity index (χ2v) is 7.62. The molecule has 142 valence electrons. The molecule has 2 fully saturated rings. The highest BCUT2D eigenvalue weighted by atomic mass is 16.8. The number of hydrogen-bond donors (Lipinski definition) is 0. The van der Waals surface area contributed by atoms with E-state index in [4.69, 9.17) is 14.2 Å². The van der Waals surface area contributed by atoms with Gasteiger partial charge in [-0.05, 0) is 59.7 Å². The lowest BCUT2D eigenvalue weighted by atomic mass is 10.00. The smallest absolute Gasteiger partial charge is 0.223 e. The Kier molecular flexibility index (Phi) is 4.76. The van der Waals surface area contributed by atoms with Crippen molar-refractivity contribution in [2.24, 2.45) is 0 Å². The number of benzene rings is 3. The maximum absolute atomic E-state index is 5.91. The van der Waals surface area contributed by atoms with E-state index in [0.29, 0.717) is 12.7 Å². The topological polar surface area (TPSA) is 31.0 Å². The van der Waals surface area contributed by atoms with Crippen LogP contribution in [0.25, 0.3) is 0 Å². The monoisotopic (exact) mass is 372 g/mol. The summed E-state index contributed by atoms with van der Waals surface area (Å²) in [6, 6.07) is 25.5. The summed E-state index contributed by atoms with van der Waals surface area (Å²) in [6.07, 6.45) is 4.52. The molecule has 0 spiro atoms. The highest BCUT2D eigenvalue weighted by molar-refractivity contribution is 5.39. The molecule has 0 aromatic heterocycles. The normalized spacial score (nSPS) is 17.9. The summed E-state index contributed by atoms with van der Waals surface area (Å²) in [4.78, 5) is 0. The van der Waals surface area contributed by atoms with Crippen LogP contribution in [-0.4, -0.2) is 19.0 Å². The highest BCUT2D eigenvalue weighted by Crippen LogP contribution is 2.28. The van der Waals surface area contributed by atoms with Gasteiger partial charge in [-0.3, -0.25) is 0 Å². The standard InChI is InChI=1S/C25H24O3/c1-2-7-24(28-25-17-26-25)21(5-1)15-19-10-8-18(9-11-19)14-20-4-3-6-23(16-20)27-22-12-13-22/h1-11,16,22,25H,12-15,17H2. The van der Waals surface area contributed by atoms with Gasteiger partial charge in [-0.25, -0.2) is 0 Å². The third-order valence-corrected chi connectivity index (χ3v) is 5.09. The minimum absolute atomic E-state index is 0.0665. The number of para-hydroxylation sites is 1. The fourth-order valence-electron chi connectivity index (χ4n) is 3.35. The molecule has 2 aliphatic rings. The first-order valence-corrected chi connectivity index (χ1v) is 10.0. The Morgan fingerprint density at radius 2 is 1.50 bits per heavy atom. The average molecular weight is 372 g/mol. The van der Waals surface area contributed by atoms with E-state index in [1.807, 2.05) is 12.1 Å². The van der Waals surface area contributed by atoms with Gasteiger partial charge >= 0.3 is 0 Å². The van der Waals surface area contributed by atoms with Crippen molar-refractivity contribution >= 4 is 0 Å². The first kappa shape index (κ1) is 17.3. The lowest BCUT2D eigenvalue weighted by molar-refractivity contribution is 0.178. The number of epoxide rings is 1. The molecule has 1 heterocycles. The van der Waals surface area contributed by atoms with Crippen LogP contribution in [-0.2, 0) is 17.6 Å². The zero-order valence-corrected chi connectivity index (χ0v) is 15.8. The van der Waals surface area contributed by atoms with Crippen LogP contribution in [0.1, 0.15) is 35.1 Å². The molecule has 3 aromatic rings. The highest BCUT2D eigenvalue weighted by Gasteiger charge is 2.25. The van der Waals surface area contributed by atoms with Crippen LogP contribution in [0.15, 0.2) is 72.8 Å². The molecular formula is C25H24O3. The molecule has 5 rings (SSSR count). The zero-order chi connectivity index (χ0) is 18.8. The van der Waals surface area contributed by atoms with Gasteiger partial charge in [-0.2, -0.15) is 0 Å². The lowest BCUT2D eigenvalue weighted by Crippen LogP contribution is -2.01. The van der Waals surface area contributed by atoms with E-state index in [9.17, 15) is 0 Å². The summed E-state index contributed by atoms with van der Waals surface area (Å²) in [5.41, 5.74) is 5.07. The SMILES string of the molecule is c1cc(Cc2ccc(Cc3ccccc3OC3CO3)cc2)cc(OC2CC2)c1. The third-order valence-electron chi connectivity index (χ3n) is 5.09. The molecule has 0 radical (unpaired) electrons. The summed E-state index contributed by atoms with van der Waals surface area (Å²) in [7, 11) is 0. The maximum atomic E-state index is 5.91. The van der Waals surface area contributed by atoms with E-state index in [2.05, 4.69) is 60.7 Å². The molecule has 0 amide bonds. The summed E-state index contributed by atoms with van der Waals surface area (Å²) in [5.74, 6) is 1.91. The van der Waals surface area contributed by atoms with Gasteiger partial charge in [-0.15, -0.1) is 0 Å². The van der Waals surface area contributed by atoms with Crippen molar-refractivity contribution in [1.82, 2.24) is 0 Å². The minimum atomic E-state index is -0.0665. The predicted octanol–water partition coefficient (Wildman–Crippen LogP) is 5.14. The van der Waals surface area contributed by atoms with Gasteiger partial charge in [0.1, 0.15) is 18.1 Å². The van der Waals surface area contributed by atoms with Crippen LogP contribution in [0.4, 0.5) is 0 Å². The van der Waals surface area contributed by atoms with E-state index in [1.165, 1.54) is 35.1 Å². The minimum Gasteiger partial charge on any atom is -0.490 e. The molecule has 3 heteroatoms. The Bertz CT molecular complexity index is 940. The van der Waals surface area contributed by atoms with Gasteiger partial charge in [0.15, 0.2) is 0 Å². The zero-order valence-electron chi connectivity index (χ0n) is 15.8. The second kappa shape index (κ2) is 7.69. The molecule has 3 aromatic carbocycles. The fraction of sp³-hybridized carbons (Fsp3) is 0.280. The van der Waals surface area contributed by atoms with E-state index >= 15 is 0 Å². The number of rotatable bonds is 8. The van der Waals surface area contributed by atoms with E-state index < -0.39 is 0 Å². The van der Waals surface area contributed by atoms with Gasteiger partial charge in [0, 0.05) is 6.42 Å². The largest absolute Gasteiger partial charge is 0.490 e. The molecular weight excluding hydrogens is 348 g/mol. The molecule has 0 N–H and O–H groups in total. The van der Waals surface area contributed by atoms with Crippen molar-refractivity contribution in [3.05, 3.63) is 95.1 Å². The average Bonchev–Trinajstić information content (AvgIpc) is 3.63. The summed E-state index contributed by atoms with van der Waals surface area (Å²) in [6.45, 7) is 0.690. The molecule has 1 aliphatic heterocycles. The van der Waals surface area contributed by atoms with Crippen molar-refractivity contribution in [1.29, 1.82) is 0 Å². The van der Waals surface area contributed by atoms with E-state index in [0.717, 1.165) is 24.3 Å². The van der Waals surface area contributed by atoms with Crippen LogP contribution in [0.5, 0.6) is 11.5 Å². The van der Waals surface area contributed by atoms with Crippen molar-refractivity contribution in [2.45, 2.75) is 38.1 Å². The molecule has 1 aliphatic carbocycles. The molecule has 1 unspecified atom stereocenters. The summed E-state index contributed by atoms with van der Waals surface area (Å²) >= 11 is 0. The molecule has 28 heavy (non-hydrogen) atoms.